The molecule has 0 spiro atoms. The molecular weight excluding hydrogens is 503 g/mol. The molecule has 1 aliphatic rings. The van der Waals surface area contributed by atoms with Gasteiger partial charge in [0.1, 0.15) is 5.76 Å². The van der Waals surface area contributed by atoms with Gasteiger partial charge in [-0.2, -0.15) is 0 Å². The quantitative estimate of drug-likeness (QED) is 0.295. The van der Waals surface area contributed by atoms with Gasteiger partial charge in [0.05, 0.1) is 26.0 Å². The van der Waals surface area contributed by atoms with Gasteiger partial charge in [-0.15, -0.1) is 24.0 Å². The second-order valence-electron chi connectivity index (χ2n) is 6.71. The van der Waals surface area contributed by atoms with E-state index in [1.807, 2.05) is 30.3 Å². The third-order valence-electron chi connectivity index (χ3n) is 4.68. The lowest BCUT2D eigenvalue weighted by Gasteiger charge is -2.25. The van der Waals surface area contributed by atoms with E-state index >= 15 is 0 Å². The zero-order chi connectivity index (χ0) is 19.4. The van der Waals surface area contributed by atoms with Crippen molar-refractivity contribution in [3.8, 4) is 0 Å². The van der Waals surface area contributed by atoms with Gasteiger partial charge < -0.3 is 19.8 Å². The third-order valence-corrected chi connectivity index (χ3v) is 5.05. The minimum Gasteiger partial charge on any atom is -0.469 e. The number of morpholine rings is 1. The van der Waals surface area contributed by atoms with E-state index in [1.54, 1.807) is 6.26 Å². The van der Waals surface area contributed by atoms with E-state index in [9.17, 15) is 0 Å². The van der Waals surface area contributed by atoms with Crippen molar-refractivity contribution >= 4 is 41.5 Å². The molecule has 6 nitrogen and oxygen atoms in total. The van der Waals surface area contributed by atoms with Crippen LogP contribution in [0.3, 0.4) is 0 Å². The summed E-state index contributed by atoms with van der Waals surface area (Å²) in [6.45, 7) is 6.83. The van der Waals surface area contributed by atoms with E-state index in [4.69, 9.17) is 25.7 Å². The molecule has 1 fully saturated rings. The van der Waals surface area contributed by atoms with Crippen LogP contribution in [-0.2, 0) is 17.6 Å². The smallest absolute Gasteiger partial charge is 0.191 e. The molecule has 0 radical (unpaired) electrons. The van der Waals surface area contributed by atoms with Crippen molar-refractivity contribution in [2.24, 2.45) is 4.99 Å². The van der Waals surface area contributed by atoms with Crippen LogP contribution in [0.15, 0.2) is 52.1 Å². The number of aliphatic imine (C=N–C) groups is 1. The Morgan fingerprint density at radius 3 is 2.52 bits per heavy atom. The van der Waals surface area contributed by atoms with E-state index in [0.717, 1.165) is 87.6 Å². The van der Waals surface area contributed by atoms with Crippen LogP contribution in [0.2, 0.25) is 5.02 Å². The predicted octanol–water partition coefficient (Wildman–Crippen LogP) is 3.20. The minimum atomic E-state index is 0. The summed E-state index contributed by atoms with van der Waals surface area (Å²) in [4.78, 5) is 7.12. The maximum atomic E-state index is 6.25. The standard InChI is InChI=1S/C21H29ClN4O2.HI/c22-20-6-2-1-4-18(20)7-9-23-21(24-10-8-19-5-3-15-28-19)25-11-12-26-13-16-27-17-14-26;/h1-6,15H,7-14,16-17H2,(H2,23,24,25);1H. The lowest BCUT2D eigenvalue weighted by molar-refractivity contribution is 0.0394. The maximum Gasteiger partial charge on any atom is 0.191 e. The highest BCUT2D eigenvalue weighted by atomic mass is 127. The molecule has 0 unspecified atom stereocenters. The summed E-state index contributed by atoms with van der Waals surface area (Å²) in [7, 11) is 0. The first-order valence-electron chi connectivity index (χ1n) is 9.89. The Kier molecular flexibility index (Phi) is 11.5. The molecule has 1 saturated heterocycles. The number of halogens is 2. The molecule has 160 valence electrons. The van der Waals surface area contributed by atoms with Crippen molar-refractivity contribution in [3.05, 3.63) is 59.0 Å². The van der Waals surface area contributed by atoms with Crippen LogP contribution in [0.5, 0.6) is 0 Å². The fourth-order valence-electron chi connectivity index (χ4n) is 3.08. The van der Waals surface area contributed by atoms with Crippen LogP contribution in [-0.4, -0.2) is 63.3 Å². The molecule has 2 aromatic rings. The van der Waals surface area contributed by atoms with Gasteiger partial charge in [-0.25, -0.2) is 0 Å². The fraction of sp³-hybridized carbons (Fsp3) is 0.476. The highest BCUT2D eigenvalue weighted by Crippen LogP contribution is 2.14. The summed E-state index contributed by atoms with van der Waals surface area (Å²) in [5, 5.41) is 7.63. The summed E-state index contributed by atoms with van der Waals surface area (Å²) in [5.74, 6) is 1.79. The number of rotatable bonds is 9. The molecule has 1 aromatic carbocycles. The number of hydrogen-bond acceptors (Lipinski definition) is 4. The Morgan fingerprint density at radius 1 is 1.03 bits per heavy atom. The Hall–Kier alpha value is -1.29. The largest absolute Gasteiger partial charge is 0.469 e. The highest BCUT2D eigenvalue weighted by Gasteiger charge is 2.09. The number of hydrogen-bond donors (Lipinski definition) is 2. The van der Waals surface area contributed by atoms with Gasteiger partial charge in [0.2, 0.25) is 0 Å². The number of benzene rings is 1. The Morgan fingerprint density at radius 2 is 1.79 bits per heavy atom. The monoisotopic (exact) mass is 532 g/mol. The number of guanidine groups is 1. The second kappa shape index (κ2) is 13.8. The van der Waals surface area contributed by atoms with Crippen molar-refractivity contribution in [1.29, 1.82) is 0 Å². The van der Waals surface area contributed by atoms with Gasteiger partial charge in [0.15, 0.2) is 5.96 Å². The van der Waals surface area contributed by atoms with Crippen molar-refractivity contribution in [3.63, 3.8) is 0 Å². The Labute approximate surface area is 195 Å². The van der Waals surface area contributed by atoms with Crippen LogP contribution in [0, 0.1) is 0 Å². The van der Waals surface area contributed by atoms with E-state index in [2.05, 4.69) is 21.6 Å². The lowest BCUT2D eigenvalue weighted by Crippen LogP contribution is -2.41. The van der Waals surface area contributed by atoms with Gasteiger partial charge in [-0.1, -0.05) is 29.8 Å². The van der Waals surface area contributed by atoms with Crippen LogP contribution >= 0.6 is 35.6 Å². The summed E-state index contributed by atoms with van der Waals surface area (Å²) in [5.41, 5.74) is 1.14. The van der Waals surface area contributed by atoms with Crippen molar-refractivity contribution in [1.82, 2.24) is 15.5 Å². The van der Waals surface area contributed by atoms with Gasteiger partial charge >= 0.3 is 0 Å². The molecule has 3 rings (SSSR count). The molecule has 8 heteroatoms. The number of nitrogens with zero attached hydrogens (tertiary/aromatic N) is 2. The molecule has 0 bridgehead atoms. The number of ether oxygens (including phenoxy) is 1. The average Bonchev–Trinajstić information content (AvgIpc) is 3.23. The van der Waals surface area contributed by atoms with Gasteiger partial charge in [-0.05, 0) is 30.2 Å². The average molecular weight is 533 g/mol. The molecule has 0 saturated carbocycles. The number of nitrogens with one attached hydrogen (secondary N) is 2. The molecule has 0 amide bonds. The SMILES string of the molecule is Clc1ccccc1CCNC(=NCCN1CCOCC1)NCCc1ccco1.I. The van der Waals surface area contributed by atoms with Gasteiger partial charge in [-0.3, -0.25) is 9.89 Å². The van der Waals surface area contributed by atoms with Crippen molar-refractivity contribution in [2.75, 3.05) is 52.5 Å². The summed E-state index contributed by atoms with van der Waals surface area (Å²) in [6.07, 6.45) is 3.37. The molecule has 2 heterocycles. The zero-order valence-corrected chi connectivity index (χ0v) is 19.7. The second-order valence-corrected chi connectivity index (χ2v) is 7.12. The van der Waals surface area contributed by atoms with Crippen LogP contribution in [0.1, 0.15) is 11.3 Å². The lowest BCUT2D eigenvalue weighted by atomic mass is 10.1. The molecule has 0 aliphatic carbocycles. The zero-order valence-electron chi connectivity index (χ0n) is 16.6. The fourth-order valence-corrected chi connectivity index (χ4v) is 3.31. The predicted molar refractivity (Wildman–Crippen MR) is 129 cm³/mol. The van der Waals surface area contributed by atoms with E-state index < -0.39 is 0 Å². The summed E-state index contributed by atoms with van der Waals surface area (Å²) in [6, 6.07) is 11.9. The molecular formula is C21H30ClIN4O2. The van der Waals surface area contributed by atoms with Crippen molar-refractivity contribution in [2.45, 2.75) is 12.8 Å². The topological polar surface area (TPSA) is 62.0 Å². The molecule has 0 atom stereocenters. The van der Waals surface area contributed by atoms with Crippen LogP contribution < -0.4 is 10.6 Å². The Balaban J connectivity index is 0.00000300. The first kappa shape index (κ1) is 24.0. The van der Waals surface area contributed by atoms with Gasteiger partial charge in [0, 0.05) is 44.2 Å². The van der Waals surface area contributed by atoms with E-state index in [-0.39, 0.29) is 24.0 Å². The maximum absolute atomic E-state index is 6.25. The molecule has 29 heavy (non-hydrogen) atoms. The third kappa shape index (κ3) is 8.94. The first-order valence-corrected chi connectivity index (χ1v) is 10.3. The van der Waals surface area contributed by atoms with E-state index in [0.29, 0.717) is 0 Å². The van der Waals surface area contributed by atoms with Gasteiger partial charge in [0.25, 0.3) is 0 Å². The van der Waals surface area contributed by atoms with E-state index in [1.165, 1.54) is 0 Å². The molecule has 2 N–H and O–H groups in total. The Bertz CT molecular complexity index is 721. The first-order chi connectivity index (χ1) is 13.8. The highest BCUT2D eigenvalue weighted by molar-refractivity contribution is 14.0. The van der Waals surface area contributed by atoms with Crippen molar-refractivity contribution < 1.29 is 9.15 Å². The van der Waals surface area contributed by atoms with Crippen LogP contribution in [0.25, 0.3) is 0 Å². The normalized spacial score (nSPS) is 15.0. The van der Waals surface area contributed by atoms with Crippen LogP contribution in [0.4, 0.5) is 0 Å². The molecule has 1 aliphatic heterocycles. The summed E-state index contributed by atoms with van der Waals surface area (Å²) >= 11 is 6.25. The summed E-state index contributed by atoms with van der Waals surface area (Å²) < 4.78 is 10.8. The molecule has 1 aromatic heterocycles. The number of furan rings is 1. The minimum absolute atomic E-state index is 0.